The number of nitrogens with zero attached hydrogens (tertiary/aromatic N) is 11. The predicted molar refractivity (Wildman–Crippen MR) is 305 cm³/mol. The van der Waals surface area contributed by atoms with Crippen LogP contribution in [0.5, 0.6) is 0 Å². The highest BCUT2D eigenvalue weighted by Crippen LogP contribution is 2.43. The third kappa shape index (κ3) is 12.9. The summed E-state index contributed by atoms with van der Waals surface area (Å²) in [4.78, 5) is 47.6. The van der Waals surface area contributed by atoms with Crippen molar-refractivity contribution in [3.63, 3.8) is 0 Å². The molecule has 9 aromatic rings. The van der Waals surface area contributed by atoms with E-state index in [1.165, 1.54) is 93.6 Å². The van der Waals surface area contributed by atoms with Gasteiger partial charge in [-0.1, -0.05) is 23.2 Å². The summed E-state index contributed by atoms with van der Waals surface area (Å²) in [6.07, 6.45) is 13.7. The van der Waals surface area contributed by atoms with E-state index in [0.717, 1.165) is 52.8 Å². The highest BCUT2D eigenvalue weighted by Gasteiger charge is 2.30. The van der Waals surface area contributed by atoms with Crippen LogP contribution in [0.1, 0.15) is 127 Å². The molecule has 4 fully saturated rings. The number of hydrogen-bond donors (Lipinski definition) is 8. The molecule has 4 aliphatic carbocycles. The third-order valence-corrected chi connectivity index (χ3v) is 17.7. The lowest BCUT2D eigenvalue weighted by Gasteiger charge is -2.07. The van der Waals surface area contributed by atoms with Crippen molar-refractivity contribution in [3.8, 4) is 32.9 Å². The topological polar surface area (TPSA) is 363 Å². The fourth-order valence-electron chi connectivity index (χ4n) is 7.86. The second kappa shape index (κ2) is 21.6. The number of aryl methyl sites for hydroxylation is 1. The van der Waals surface area contributed by atoms with Crippen molar-refractivity contribution >= 4 is 107 Å². The average molecular weight is 1180 g/mol. The van der Waals surface area contributed by atoms with Gasteiger partial charge in [-0.2, -0.15) is 15.3 Å². The number of sulfonamides is 2. The molecule has 10 N–H and O–H groups in total. The molecule has 24 nitrogen and oxygen atoms in total. The SMILES string of the molecule is CC(=O)c1sc(-c2ncc(Cl)c(Nc3cc(C4CC4)[nH]n3)n2)nc1C.NS(=O)(=O)c1ccc(-c2nc(Nc3cc(C4CC4)[nH]n3)cc(C3CC3)n2)s1.NS(=O)(=O)c1ccc(-c2ncc(Cl)c(Nc3cc(C4CC4)[nH]n3)n2)cn1.[HH].[HH].[HH].[HH].[HH]. The summed E-state index contributed by atoms with van der Waals surface area (Å²) in [5, 5.41) is 42.6. The first-order valence-corrected chi connectivity index (χ1v) is 29.9. The van der Waals surface area contributed by atoms with E-state index in [4.69, 9.17) is 33.5 Å². The molecule has 0 aromatic carbocycles. The minimum atomic E-state index is -3.85. The number of carbonyl (C=O) groups excluding carboxylic acids is 1. The molecule has 412 valence electrons. The normalized spacial score (nSPS) is 15.2. The Hall–Kier alpha value is -7.18. The van der Waals surface area contributed by atoms with Gasteiger partial charge in [-0.25, -0.2) is 67.0 Å². The Morgan fingerprint density at radius 1 is 0.603 bits per heavy atom. The van der Waals surface area contributed by atoms with Gasteiger partial charge in [0.25, 0.3) is 10.0 Å². The van der Waals surface area contributed by atoms with Gasteiger partial charge in [-0.3, -0.25) is 20.1 Å². The van der Waals surface area contributed by atoms with E-state index >= 15 is 0 Å². The number of halogens is 2. The summed E-state index contributed by atoms with van der Waals surface area (Å²) in [5.74, 6) is 6.91. The second-order valence-corrected chi connectivity index (χ2v) is 25.2. The third-order valence-electron chi connectivity index (χ3n) is 12.5. The molecule has 4 saturated carbocycles. The molecule has 0 atom stereocenters. The van der Waals surface area contributed by atoms with Crippen LogP contribution in [0.4, 0.5) is 34.9 Å². The summed E-state index contributed by atoms with van der Waals surface area (Å²) in [6, 6.07) is 13.9. The molecular formula is C48H57Cl2N19O5S4. The lowest BCUT2D eigenvalue weighted by molar-refractivity contribution is 0.102. The van der Waals surface area contributed by atoms with Crippen LogP contribution >= 0.6 is 45.9 Å². The van der Waals surface area contributed by atoms with E-state index < -0.39 is 20.0 Å². The number of hydrogen-bond acceptors (Lipinski definition) is 21. The summed E-state index contributed by atoms with van der Waals surface area (Å²) in [7, 11) is -7.58. The summed E-state index contributed by atoms with van der Waals surface area (Å²) < 4.78 is 45.8. The van der Waals surface area contributed by atoms with Crippen molar-refractivity contribution in [2.45, 2.75) is 98.1 Å². The molecule has 0 radical (unpaired) electrons. The second-order valence-electron chi connectivity index (χ2n) is 19.0. The van der Waals surface area contributed by atoms with Crippen LogP contribution in [0.25, 0.3) is 32.9 Å². The number of nitrogens with one attached hydrogen (secondary N) is 6. The Morgan fingerprint density at radius 3 is 1.62 bits per heavy atom. The molecular weight excluding hydrogens is 1120 g/mol. The summed E-state index contributed by atoms with van der Waals surface area (Å²) >= 11 is 14.7. The summed E-state index contributed by atoms with van der Waals surface area (Å²) in [6.45, 7) is 3.32. The molecule has 30 heteroatoms. The number of H-pyrrole nitrogens is 3. The van der Waals surface area contributed by atoms with E-state index in [1.807, 2.05) is 24.3 Å². The molecule has 9 heterocycles. The number of carbonyl (C=O) groups is 1. The number of thiazole rings is 1. The monoisotopic (exact) mass is 1180 g/mol. The van der Waals surface area contributed by atoms with Gasteiger partial charge in [-0.15, -0.1) is 22.7 Å². The van der Waals surface area contributed by atoms with Crippen LogP contribution in [0.2, 0.25) is 10.0 Å². The smallest absolute Gasteiger partial charge is 0.255 e. The summed E-state index contributed by atoms with van der Waals surface area (Å²) in [5.41, 5.74) is 5.52. The zero-order valence-corrected chi connectivity index (χ0v) is 46.1. The van der Waals surface area contributed by atoms with Gasteiger partial charge in [0.15, 0.2) is 62.4 Å². The molecule has 4 aliphatic rings. The average Bonchev–Trinajstić information content (AvgIpc) is 4.54. The fourth-order valence-corrected chi connectivity index (χ4v) is 11.2. The highest BCUT2D eigenvalue weighted by atomic mass is 35.5. The largest absolute Gasteiger partial charge is 0.323 e. The molecule has 0 unspecified atom stereocenters. The van der Waals surface area contributed by atoms with Gasteiger partial charge < -0.3 is 16.0 Å². The maximum Gasteiger partial charge on any atom is 0.255 e. The van der Waals surface area contributed by atoms with Crippen LogP contribution < -0.4 is 26.2 Å². The standard InChI is InChI=1S/C17H18N6O2S2.C16H15ClN6OS.C15H14ClN7O2S.5H2/c18-27(24,25)16-6-5-13(26-16)17-19-11(9-1-2-9)7-14(21-17)20-15-8-12(22-23-15)10-3-4-10;1-7-13(8(2)24)25-16(19-7)15-18-6-10(17)14(21-15)20-12-5-11(22-23-12)9-3-4-9;16-10-7-19-14(9-3-4-13(18-6-9)26(17,24)25)21-15(10)20-12-5-11(22-23-12)8-1-2-8;;;;;/h5-10H,1-4H2,(H2,18,24,25)(H2,19,20,21,22,23);5-6,9H,3-4H2,1-2H3,(H2,18,20,21,22,23);3-8H,1-2H2,(H2,17,24,25)(H2,19,20,21,22,23);5*1H. The Labute approximate surface area is 471 Å². The number of primary sulfonamides is 2. The first kappa shape index (κ1) is 52.9. The van der Waals surface area contributed by atoms with Crippen LogP contribution in [0, 0.1) is 6.92 Å². The van der Waals surface area contributed by atoms with E-state index in [-0.39, 0.29) is 22.2 Å². The van der Waals surface area contributed by atoms with Gasteiger partial charge in [0, 0.05) is 96.5 Å². The Bertz CT molecular complexity index is 3970. The molecule has 0 aliphatic heterocycles. The van der Waals surface area contributed by atoms with Crippen molar-refractivity contribution in [3.05, 3.63) is 111 Å². The molecule has 0 spiro atoms. The van der Waals surface area contributed by atoms with Crippen LogP contribution in [0.15, 0.2) is 76.4 Å². The minimum Gasteiger partial charge on any atom is -0.323 e. The molecule has 0 amide bonds. The van der Waals surface area contributed by atoms with E-state index in [2.05, 4.69) is 86.4 Å². The quantitative estimate of drug-likeness (QED) is 0.0417. The number of rotatable bonds is 16. The number of nitrogens with two attached hydrogens (primary N) is 2. The molecule has 78 heavy (non-hydrogen) atoms. The van der Waals surface area contributed by atoms with E-state index in [1.54, 1.807) is 13.0 Å². The molecule has 13 rings (SSSR count). The zero-order chi connectivity index (χ0) is 54.5. The lowest BCUT2D eigenvalue weighted by atomic mass is 10.2. The van der Waals surface area contributed by atoms with Crippen LogP contribution in [-0.2, 0) is 20.0 Å². The van der Waals surface area contributed by atoms with Gasteiger partial charge in [-0.05, 0) is 82.6 Å². The Morgan fingerprint density at radius 2 is 1.14 bits per heavy atom. The van der Waals surface area contributed by atoms with E-state index in [9.17, 15) is 21.6 Å². The number of anilines is 6. The first-order valence-electron chi connectivity index (χ1n) is 24.4. The molecule has 0 saturated heterocycles. The highest BCUT2D eigenvalue weighted by molar-refractivity contribution is 7.91. The Balaban J connectivity index is 0.000000194. The number of aromatic amines is 3. The van der Waals surface area contributed by atoms with Crippen molar-refractivity contribution in [2.75, 3.05) is 16.0 Å². The molecule has 0 bridgehead atoms. The molecule has 9 aromatic heterocycles. The van der Waals surface area contributed by atoms with Crippen molar-refractivity contribution in [1.82, 2.24) is 70.5 Å². The Kier molecular flexibility index (Phi) is 14.6. The maximum atomic E-state index is 11.6. The van der Waals surface area contributed by atoms with Crippen molar-refractivity contribution in [1.29, 1.82) is 0 Å². The predicted octanol–water partition coefficient (Wildman–Crippen LogP) is 10.6. The van der Waals surface area contributed by atoms with Gasteiger partial charge in [0.05, 0.1) is 27.8 Å². The van der Waals surface area contributed by atoms with Gasteiger partial charge in [0.2, 0.25) is 10.0 Å². The van der Waals surface area contributed by atoms with Crippen LogP contribution in [0.3, 0.4) is 0 Å². The van der Waals surface area contributed by atoms with Gasteiger partial charge >= 0.3 is 0 Å². The zero-order valence-electron chi connectivity index (χ0n) is 41.3. The minimum absolute atomic E-state index is 0. The van der Waals surface area contributed by atoms with Gasteiger partial charge in [0.1, 0.15) is 20.1 Å². The number of ketones is 1. The first-order chi connectivity index (χ1) is 37.4. The number of thiophene rings is 1. The lowest BCUT2D eigenvalue weighted by Crippen LogP contribution is -2.13. The van der Waals surface area contributed by atoms with Crippen molar-refractivity contribution in [2.24, 2.45) is 10.3 Å². The van der Waals surface area contributed by atoms with E-state index in [0.29, 0.717) is 106 Å². The number of Topliss-reactive ketones (excluding diaryl/α,β-unsaturated/α-hetero) is 1. The van der Waals surface area contributed by atoms with Crippen LogP contribution in [-0.4, -0.2) is 93.1 Å². The fraction of sp³-hybridized carbons (Fsp3) is 0.292. The van der Waals surface area contributed by atoms with Crippen molar-refractivity contribution < 1.29 is 28.8 Å². The maximum absolute atomic E-state index is 11.6. The number of aromatic nitrogens is 14. The number of pyridine rings is 1.